The van der Waals surface area contributed by atoms with Gasteiger partial charge in [0.25, 0.3) is 0 Å². The summed E-state index contributed by atoms with van der Waals surface area (Å²) < 4.78 is 17.1. The fraction of sp³-hybridized carbons (Fsp3) is 0.259. The van der Waals surface area contributed by atoms with Crippen molar-refractivity contribution < 1.29 is 4.39 Å². The Balaban J connectivity index is 1.17. The van der Waals surface area contributed by atoms with Crippen molar-refractivity contribution in [1.29, 1.82) is 0 Å². The topological polar surface area (TPSA) is 93.4 Å². The van der Waals surface area contributed by atoms with Crippen LogP contribution in [0.5, 0.6) is 0 Å². The largest absolute Gasteiger partial charge is 0.366 e. The number of anilines is 2. The van der Waals surface area contributed by atoms with Crippen molar-refractivity contribution in [1.82, 2.24) is 29.4 Å². The zero-order chi connectivity index (χ0) is 25.6. The van der Waals surface area contributed by atoms with E-state index < -0.39 is 5.54 Å². The van der Waals surface area contributed by atoms with Crippen LogP contribution < -0.4 is 15.5 Å². The maximum absolute atomic E-state index is 13.3. The second-order valence-corrected chi connectivity index (χ2v) is 9.63. The van der Waals surface area contributed by atoms with Crippen molar-refractivity contribution >= 4 is 17.2 Å². The van der Waals surface area contributed by atoms with E-state index in [1.165, 1.54) is 12.1 Å². The third kappa shape index (κ3) is 4.29. The number of rotatable bonds is 5. The summed E-state index contributed by atoms with van der Waals surface area (Å²) in [5.41, 5.74) is 11.7. The Labute approximate surface area is 214 Å². The lowest BCUT2D eigenvalue weighted by atomic mass is 9.87. The Bertz CT molecular complexity index is 1530. The van der Waals surface area contributed by atoms with Crippen molar-refractivity contribution in [3.63, 3.8) is 0 Å². The van der Waals surface area contributed by atoms with Crippen LogP contribution in [0.4, 0.5) is 16.0 Å². The molecule has 1 fully saturated rings. The number of aryl methyl sites for hydroxylation is 1. The molecule has 0 amide bonds. The van der Waals surface area contributed by atoms with E-state index in [4.69, 9.17) is 5.73 Å². The SMILES string of the molecule is Cn1cc(-c2cc3c(N4CCN(c5ncc([C@@](C)(N)c6ccc(F)cc6)cn5)CC4)ccnn3c2)cn1. The number of aromatic nitrogens is 6. The first kappa shape index (κ1) is 23.1. The molecule has 10 heteroatoms. The van der Waals surface area contributed by atoms with Gasteiger partial charge in [0.05, 0.1) is 22.9 Å². The van der Waals surface area contributed by atoms with E-state index in [1.807, 2.05) is 43.3 Å². The molecule has 4 aromatic heterocycles. The van der Waals surface area contributed by atoms with Crippen molar-refractivity contribution in [2.45, 2.75) is 12.5 Å². The normalized spacial score (nSPS) is 15.8. The van der Waals surface area contributed by atoms with Gasteiger partial charge in [0.15, 0.2) is 0 Å². The number of piperazine rings is 1. The Morgan fingerprint density at radius 1 is 0.838 bits per heavy atom. The van der Waals surface area contributed by atoms with Crippen LogP contribution in [0.15, 0.2) is 73.6 Å². The molecule has 37 heavy (non-hydrogen) atoms. The second-order valence-electron chi connectivity index (χ2n) is 9.63. The predicted molar refractivity (Wildman–Crippen MR) is 141 cm³/mol. The lowest BCUT2D eigenvalue weighted by Gasteiger charge is -2.36. The molecule has 0 bridgehead atoms. The van der Waals surface area contributed by atoms with Crippen molar-refractivity contribution in [3.8, 4) is 11.1 Å². The fourth-order valence-electron chi connectivity index (χ4n) is 4.86. The summed E-state index contributed by atoms with van der Waals surface area (Å²) in [5, 5.41) is 8.80. The molecule has 1 aromatic carbocycles. The van der Waals surface area contributed by atoms with Crippen LogP contribution in [0, 0.1) is 5.82 Å². The van der Waals surface area contributed by atoms with Crippen LogP contribution in [0.25, 0.3) is 16.6 Å². The van der Waals surface area contributed by atoms with Crippen LogP contribution in [-0.4, -0.2) is 55.5 Å². The summed E-state index contributed by atoms with van der Waals surface area (Å²) in [7, 11) is 1.92. The Kier molecular flexibility index (Phi) is 5.60. The Morgan fingerprint density at radius 2 is 1.54 bits per heavy atom. The zero-order valence-corrected chi connectivity index (χ0v) is 20.8. The molecular formula is C27H28FN9. The standard InChI is InChI=1S/C27H28FN9/c1-27(29,21-3-5-23(28)6-4-21)22-15-30-26(31-16-22)36-11-9-35(10-12-36)24-7-8-32-37-18-19(13-25(24)37)20-14-33-34(2)17-20/h3-8,13-18H,9-12,29H2,1-2H3/t27-/m0/s1. The van der Waals surface area contributed by atoms with E-state index in [-0.39, 0.29) is 5.82 Å². The highest BCUT2D eigenvalue weighted by molar-refractivity contribution is 5.79. The molecule has 1 atom stereocenters. The van der Waals surface area contributed by atoms with Crippen LogP contribution in [0.1, 0.15) is 18.1 Å². The number of halogens is 1. The molecule has 0 radical (unpaired) electrons. The van der Waals surface area contributed by atoms with E-state index in [9.17, 15) is 4.39 Å². The van der Waals surface area contributed by atoms with Crippen LogP contribution in [0.2, 0.25) is 0 Å². The third-order valence-corrected chi connectivity index (χ3v) is 7.11. The zero-order valence-electron chi connectivity index (χ0n) is 20.8. The van der Waals surface area contributed by atoms with E-state index in [0.29, 0.717) is 5.95 Å². The van der Waals surface area contributed by atoms with E-state index >= 15 is 0 Å². The molecule has 6 rings (SSSR count). The maximum Gasteiger partial charge on any atom is 0.225 e. The molecule has 0 unspecified atom stereocenters. The van der Waals surface area contributed by atoms with Gasteiger partial charge in [-0.25, -0.2) is 18.9 Å². The first-order valence-corrected chi connectivity index (χ1v) is 12.2. The highest BCUT2D eigenvalue weighted by Crippen LogP contribution is 2.30. The molecular weight excluding hydrogens is 469 g/mol. The quantitative estimate of drug-likeness (QED) is 0.399. The predicted octanol–water partition coefficient (Wildman–Crippen LogP) is 3.21. The van der Waals surface area contributed by atoms with Crippen LogP contribution >= 0.6 is 0 Å². The van der Waals surface area contributed by atoms with Gasteiger partial charge in [-0.2, -0.15) is 10.2 Å². The van der Waals surface area contributed by atoms with Gasteiger partial charge in [-0.05, 0) is 36.8 Å². The maximum atomic E-state index is 13.3. The summed E-state index contributed by atoms with van der Waals surface area (Å²) >= 11 is 0. The second kappa shape index (κ2) is 8.97. The molecule has 0 spiro atoms. The lowest BCUT2D eigenvalue weighted by molar-refractivity contribution is 0.585. The Morgan fingerprint density at radius 3 is 2.22 bits per heavy atom. The molecule has 1 aliphatic heterocycles. The molecule has 2 N–H and O–H groups in total. The molecule has 5 aromatic rings. The number of benzene rings is 1. The van der Waals surface area contributed by atoms with Crippen LogP contribution in [-0.2, 0) is 12.6 Å². The number of nitrogens with two attached hydrogens (primary N) is 1. The molecule has 188 valence electrons. The van der Waals surface area contributed by atoms with Gasteiger partial charge >= 0.3 is 0 Å². The van der Waals surface area contributed by atoms with Crippen molar-refractivity contribution in [2.24, 2.45) is 12.8 Å². The van der Waals surface area contributed by atoms with Gasteiger partial charge < -0.3 is 15.5 Å². The number of fused-ring (bicyclic) bond motifs is 1. The average molecular weight is 498 g/mol. The lowest BCUT2D eigenvalue weighted by Crippen LogP contribution is -2.47. The van der Waals surface area contributed by atoms with Gasteiger partial charge in [0.1, 0.15) is 5.82 Å². The molecule has 9 nitrogen and oxygen atoms in total. The minimum absolute atomic E-state index is 0.288. The van der Waals surface area contributed by atoms with Gasteiger partial charge in [0.2, 0.25) is 5.95 Å². The van der Waals surface area contributed by atoms with E-state index in [1.54, 1.807) is 29.2 Å². The summed E-state index contributed by atoms with van der Waals surface area (Å²) in [6, 6.07) is 10.5. The fourth-order valence-corrected chi connectivity index (χ4v) is 4.86. The average Bonchev–Trinajstić information content (AvgIpc) is 3.55. The summed E-state index contributed by atoms with van der Waals surface area (Å²) in [4.78, 5) is 13.8. The van der Waals surface area contributed by atoms with Gasteiger partial charge in [-0.15, -0.1) is 0 Å². The number of hydrogen-bond donors (Lipinski definition) is 1. The van der Waals surface area contributed by atoms with Gasteiger partial charge in [-0.1, -0.05) is 12.1 Å². The first-order valence-electron chi connectivity index (χ1n) is 12.2. The molecule has 1 saturated heterocycles. The van der Waals surface area contributed by atoms with Crippen molar-refractivity contribution in [3.05, 3.63) is 90.5 Å². The highest BCUT2D eigenvalue weighted by Gasteiger charge is 2.26. The molecule has 5 heterocycles. The van der Waals surface area contributed by atoms with E-state index in [2.05, 4.69) is 42.1 Å². The number of nitrogens with zero attached hydrogens (tertiary/aromatic N) is 8. The van der Waals surface area contributed by atoms with Crippen LogP contribution in [0.3, 0.4) is 0 Å². The number of hydrogen-bond acceptors (Lipinski definition) is 7. The summed E-state index contributed by atoms with van der Waals surface area (Å²) in [6.45, 7) is 5.14. The highest BCUT2D eigenvalue weighted by atomic mass is 19.1. The monoisotopic (exact) mass is 497 g/mol. The van der Waals surface area contributed by atoms with Gasteiger partial charge in [-0.3, -0.25) is 4.68 Å². The first-order chi connectivity index (χ1) is 17.9. The summed E-state index contributed by atoms with van der Waals surface area (Å²) in [6.07, 6.45) is 11.3. The smallest absolute Gasteiger partial charge is 0.225 e. The minimum Gasteiger partial charge on any atom is -0.366 e. The van der Waals surface area contributed by atoms with E-state index in [0.717, 1.165) is 59.6 Å². The summed E-state index contributed by atoms with van der Waals surface area (Å²) in [5.74, 6) is 0.392. The molecule has 0 aliphatic carbocycles. The third-order valence-electron chi connectivity index (χ3n) is 7.11. The molecule has 0 saturated carbocycles. The van der Waals surface area contributed by atoms with Crippen molar-refractivity contribution in [2.75, 3.05) is 36.0 Å². The Hall–Kier alpha value is -4.31. The molecule has 1 aliphatic rings. The minimum atomic E-state index is -0.816. The van der Waals surface area contributed by atoms with Gasteiger partial charge in [0, 0.05) is 80.9 Å².